The highest BCUT2D eigenvalue weighted by atomic mass is 16.5. The van der Waals surface area contributed by atoms with Gasteiger partial charge in [-0.2, -0.15) is 0 Å². The maximum absolute atomic E-state index is 12.2. The van der Waals surface area contributed by atoms with Crippen molar-refractivity contribution in [3.05, 3.63) is 42.0 Å². The molecular weight excluding hydrogens is 308 g/mol. The number of carbonyl (C=O) groups excluding carboxylic acids is 1. The Kier molecular flexibility index (Phi) is 6.07. The summed E-state index contributed by atoms with van der Waals surface area (Å²) in [5.74, 6) is 1.43. The molecule has 0 unspecified atom stereocenters. The molecule has 2 aromatic carbocycles. The van der Waals surface area contributed by atoms with Crippen LogP contribution < -0.4 is 14.2 Å². The second-order valence-electron chi connectivity index (χ2n) is 4.97. The molecule has 0 amide bonds. The molecule has 2 aromatic rings. The van der Waals surface area contributed by atoms with Crippen molar-refractivity contribution >= 4 is 16.7 Å². The molecule has 0 bridgehead atoms. The van der Waals surface area contributed by atoms with Crippen molar-refractivity contribution in [2.24, 2.45) is 0 Å². The van der Waals surface area contributed by atoms with Gasteiger partial charge in [0.25, 0.3) is 0 Å². The second-order valence-corrected chi connectivity index (χ2v) is 4.97. The Hall–Kier alpha value is -2.69. The van der Waals surface area contributed by atoms with Crippen LogP contribution in [0.25, 0.3) is 10.8 Å². The number of hydrogen-bond donors (Lipinski definition) is 0. The molecule has 0 aliphatic rings. The summed E-state index contributed by atoms with van der Waals surface area (Å²) in [6.07, 6.45) is 3.78. The molecule has 24 heavy (non-hydrogen) atoms. The second kappa shape index (κ2) is 8.24. The van der Waals surface area contributed by atoms with Crippen LogP contribution in [-0.2, 0) is 4.74 Å². The van der Waals surface area contributed by atoms with E-state index >= 15 is 0 Å². The van der Waals surface area contributed by atoms with E-state index in [4.69, 9.17) is 18.9 Å². The van der Waals surface area contributed by atoms with Gasteiger partial charge < -0.3 is 18.9 Å². The number of carbonyl (C=O) groups is 1. The average Bonchev–Trinajstić information content (AvgIpc) is 2.60. The van der Waals surface area contributed by atoms with Crippen LogP contribution in [0.4, 0.5) is 0 Å². The van der Waals surface area contributed by atoms with E-state index < -0.39 is 5.97 Å². The van der Waals surface area contributed by atoms with E-state index in [2.05, 4.69) is 0 Å². The van der Waals surface area contributed by atoms with E-state index in [-0.39, 0.29) is 0 Å². The average molecular weight is 330 g/mol. The highest BCUT2D eigenvalue weighted by Crippen LogP contribution is 2.40. The fourth-order valence-electron chi connectivity index (χ4n) is 2.42. The third-order valence-corrected chi connectivity index (χ3v) is 3.52. The number of allylic oxidation sites excluding steroid dienone is 1. The number of ether oxygens (including phenoxy) is 4. The van der Waals surface area contributed by atoms with Crippen LogP contribution in [0.1, 0.15) is 24.2 Å². The van der Waals surface area contributed by atoms with Crippen LogP contribution in [0, 0.1) is 0 Å². The lowest BCUT2D eigenvalue weighted by Gasteiger charge is -2.15. The maximum Gasteiger partial charge on any atom is 0.338 e. The Bertz CT molecular complexity index is 749. The van der Waals surface area contributed by atoms with Crippen molar-refractivity contribution in [2.45, 2.75) is 13.8 Å². The van der Waals surface area contributed by atoms with E-state index in [1.165, 1.54) is 0 Å². The summed E-state index contributed by atoms with van der Waals surface area (Å²) in [5.41, 5.74) is 0.409. The van der Waals surface area contributed by atoms with E-state index in [1.54, 1.807) is 39.3 Å². The van der Waals surface area contributed by atoms with Gasteiger partial charge in [-0.3, -0.25) is 0 Å². The first kappa shape index (κ1) is 17.7. The first-order chi connectivity index (χ1) is 11.7. The Morgan fingerprint density at radius 1 is 1.08 bits per heavy atom. The summed E-state index contributed by atoms with van der Waals surface area (Å²) in [7, 11) is 3.18. The zero-order chi connectivity index (χ0) is 17.5. The monoisotopic (exact) mass is 330 g/mol. The summed E-state index contributed by atoms with van der Waals surface area (Å²) in [6, 6.07) is 7.02. The predicted molar refractivity (Wildman–Crippen MR) is 93.3 cm³/mol. The minimum atomic E-state index is -0.403. The quantitative estimate of drug-likeness (QED) is 0.567. The third kappa shape index (κ3) is 3.62. The van der Waals surface area contributed by atoms with E-state index in [0.717, 1.165) is 10.8 Å². The lowest BCUT2D eigenvalue weighted by molar-refractivity contribution is 0.0526. The molecule has 2 rings (SSSR count). The number of benzene rings is 2. The molecule has 0 aliphatic heterocycles. The smallest absolute Gasteiger partial charge is 0.338 e. The van der Waals surface area contributed by atoms with E-state index in [0.29, 0.717) is 36.0 Å². The summed E-state index contributed by atoms with van der Waals surface area (Å²) in [5, 5.41) is 1.49. The minimum Gasteiger partial charge on any atom is -0.496 e. The molecule has 0 spiro atoms. The lowest BCUT2D eigenvalue weighted by atomic mass is 10.0. The van der Waals surface area contributed by atoms with Gasteiger partial charge in [0.1, 0.15) is 23.9 Å². The zero-order valence-electron chi connectivity index (χ0n) is 14.4. The number of fused-ring (bicyclic) bond motifs is 1. The van der Waals surface area contributed by atoms with E-state index in [1.807, 2.05) is 25.1 Å². The van der Waals surface area contributed by atoms with Gasteiger partial charge in [-0.1, -0.05) is 12.2 Å². The van der Waals surface area contributed by atoms with Crippen molar-refractivity contribution in [1.29, 1.82) is 0 Å². The molecular formula is C19H22O5. The minimum absolute atomic E-state index is 0.306. The molecule has 0 radical (unpaired) electrons. The summed E-state index contributed by atoms with van der Waals surface area (Å²) in [4.78, 5) is 12.2. The van der Waals surface area contributed by atoms with Gasteiger partial charge in [0.15, 0.2) is 0 Å². The Labute approximate surface area is 141 Å². The summed E-state index contributed by atoms with van der Waals surface area (Å²) < 4.78 is 21.8. The Balaban J connectivity index is 2.69. The molecule has 0 atom stereocenters. The van der Waals surface area contributed by atoms with Crippen LogP contribution in [0.5, 0.6) is 17.2 Å². The molecule has 0 aliphatic carbocycles. The number of rotatable bonds is 7. The van der Waals surface area contributed by atoms with Gasteiger partial charge in [0.2, 0.25) is 0 Å². The van der Waals surface area contributed by atoms with Crippen LogP contribution in [0.2, 0.25) is 0 Å². The largest absolute Gasteiger partial charge is 0.496 e. The topological polar surface area (TPSA) is 54.0 Å². The van der Waals surface area contributed by atoms with Crippen molar-refractivity contribution in [3.63, 3.8) is 0 Å². The molecule has 0 fully saturated rings. The number of esters is 1. The third-order valence-electron chi connectivity index (χ3n) is 3.52. The van der Waals surface area contributed by atoms with Crippen molar-refractivity contribution < 1.29 is 23.7 Å². The molecule has 5 heteroatoms. The van der Waals surface area contributed by atoms with Gasteiger partial charge in [0, 0.05) is 5.39 Å². The predicted octanol–water partition coefficient (Wildman–Crippen LogP) is 3.99. The van der Waals surface area contributed by atoms with Gasteiger partial charge in [-0.25, -0.2) is 4.79 Å². The van der Waals surface area contributed by atoms with Gasteiger partial charge >= 0.3 is 5.97 Å². The number of hydrogen-bond acceptors (Lipinski definition) is 5. The molecule has 0 aromatic heterocycles. The maximum atomic E-state index is 12.2. The fraction of sp³-hybridized carbons (Fsp3) is 0.316. The van der Waals surface area contributed by atoms with Gasteiger partial charge in [0.05, 0.1) is 31.8 Å². The first-order valence-electron chi connectivity index (χ1n) is 7.76. The van der Waals surface area contributed by atoms with Crippen molar-refractivity contribution in [3.8, 4) is 17.2 Å². The van der Waals surface area contributed by atoms with Gasteiger partial charge in [-0.05, 0) is 38.1 Å². The summed E-state index contributed by atoms with van der Waals surface area (Å²) in [6.45, 7) is 4.38. The van der Waals surface area contributed by atoms with Gasteiger partial charge in [-0.15, -0.1) is 0 Å². The SMILES string of the molecule is C/C=C/COc1cc(C(=O)OCC)cc2c(OC)ccc(OC)c12. The van der Waals surface area contributed by atoms with Crippen LogP contribution in [0.15, 0.2) is 36.4 Å². The fourth-order valence-corrected chi connectivity index (χ4v) is 2.42. The highest BCUT2D eigenvalue weighted by Gasteiger charge is 2.18. The first-order valence-corrected chi connectivity index (χ1v) is 7.76. The van der Waals surface area contributed by atoms with E-state index in [9.17, 15) is 4.79 Å². The lowest BCUT2D eigenvalue weighted by Crippen LogP contribution is -2.06. The molecule has 128 valence electrons. The van der Waals surface area contributed by atoms with Crippen LogP contribution in [0.3, 0.4) is 0 Å². The summed E-state index contributed by atoms with van der Waals surface area (Å²) >= 11 is 0. The molecule has 0 heterocycles. The standard InChI is InChI=1S/C19H22O5/c1-5-7-10-24-17-12-13(19(20)23-6-2)11-14-15(21-3)8-9-16(22-4)18(14)17/h5,7-9,11-12H,6,10H2,1-4H3/b7-5+. The van der Waals surface area contributed by atoms with Crippen molar-refractivity contribution in [2.75, 3.05) is 27.4 Å². The molecule has 0 saturated carbocycles. The van der Waals surface area contributed by atoms with Crippen LogP contribution in [-0.4, -0.2) is 33.4 Å². The molecule has 0 saturated heterocycles. The molecule has 0 N–H and O–H groups in total. The number of methoxy groups -OCH3 is 2. The van der Waals surface area contributed by atoms with Crippen molar-refractivity contribution in [1.82, 2.24) is 0 Å². The Morgan fingerprint density at radius 3 is 2.42 bits per heavy atom. The zero-order valence-corrected chi connectivity index (χ0v) is 14.4. The van der Waals surface area contributed by atoms with Crippen LogP contribution >= 0.6 is 0 Å². The highest BCUT2D eigenvalue weighted by molar-refractivity contribution is 6.03. The normalized spacial score (nSPS) is 10.8. The Morgan fingerprint density at radius 2 is 1.79 bits per heavy atom. The molecule has 5 nitrogen and oxygen atoms in total.